The van der Waals surface area contributed by atoms with Crippen molar-refractivity contribution in [2.24, 2.45) is 5.73 Å². The highest BCUT2D eigenvalue weighted by Crippen LogP contribution is 1.97. The van der Waals surface area contributed by atoms with Crippen LogP contribution < -0.4 is 5.73 Å². The molecule has 0 radical (unpaired) electrons. The van der Waals surface area contributed by atoms with Crippen LogP contribution in [0.5, 0.6) is 0 Å². The fraction of sp³-hybridized carbons (Fsp3) is 0.833. The quantitative estimate of drug-likeness (QED) is 0.558. The van der Waals surface area contributed by atoms with Crippen LogP contribution in [0.25, 0.3) is 0 Å². The number of morpholine rings is 1. The van der Waals surface area contributed by atoms with Crippen LogP contribution in [0.15, 0.2) is 0 Å². The monoisotopic (exact) mass is 160 g/mol. The van der Waals surface area contributed by atoms with E-state index < -0.39 is 0 Å². The van der Waals surface area contributed by atoms with Gasteiger partial charge in [0.1, 0.15) is 6.61 Å². The fourth-order valence-corrected chi connectivity index (χ4v) is 1.24. The third-order valence-electron chi connectivity index (χ3n) is 1.47. The van der Waals surface area contributed by atoms with Crippen molar-refractivity contribution in [3.63, 3.8) is 0 Å². The SMILES string of the molecule is NCCN1CCOC(=S)C1. The Bertz CT molecular complexity index is 127. The minimum Gasteiger partial charge on any atom is -0.484 e. The summed E-state index contributed by atoms with van der Waals surface area (Å²) < 4.78 is 5.10. The van der Waals surface area contributed by atoms with Crippen LogP contribution in [0, 0.1) is 0 Å². The summed E-state index contributed by atoms with van der Waals surface area (Å²) >= 11 is 4.89. The molecule has 1 aliphatic rings. The van der Waals surface area contributed by atoms with Gasteiger partial charge in [-0.3, -0.25) is 4.90 Å². The Morgan fingerprint density at radius 3 is 3.10 bits per heavy atom. The Balaban J connectivity index is 2.25. The number of rotatable bonds is 2. The number of nitrogens with zero attached hydrogens (tertiary/aromatic N) is 1. The minimum absolute atomic E-state index is 0.694. The molecule has 4 heteroatoms. The summed E-state index contributed by atoms with van der Waals surface area (Å²) in [5, 5.41) is 0.694. The Morgan fingerprint density at radius 2 is 2.50 bits per heavy atom. The van der Waals surface area contributed by atoms with Gasteiger partial charge in [0.15, 0.2) is 5.05 Å². The van der Waals surface area contributed by atoms with Gasteiger partial charge in [-0.1, -0.05) is 0 Å². The lowest BCUT2D eigenvalue weighted by atomic mass is 10.4. The second-order valence-corrected chi connectivity index (χ2v) is 2.74. The first-order chi connectivity index (χ1) is 4.83. The topological polar surface area (TPSA) is 38.5 Å². The first kappa shape index (κ1) is 7.91. The van der Waals surface area contributed by atoms with Crippen LogP contribution in [-0.4, -0.2) is 42.7 Å². The largest absolute Gasteiger partial charge is 0.484 e. The van der Waals surface area contributed by atoms with E-state index in [2.05, 4.69) is 4.90 Å². The molecule has 1 heterocycles. The van der Waals surface area contributed by atoms with Crippen molar-refractivity contribution in [3.05, 3.63) is 0 Å². The molecule has 0 spiro atoms. The zero-order valence-electron chi connectivity index (χ0n) is 5.88. The maximum absolute atomic E-state index is 5.38. The highest BCUT2D eigenvalue weighted by Gasteiger charge is 2.12. The summed E-state index contributed by atoms with van der Waals surface area (Å²) in [5.74, 6) is 0. The molecule has 3 nitrogen and oxygen atoms in total. The predicted molar refractivity (Wildman–Crippen MR) is 44.0 cm³/mol. The lowest BCUT2D eigenvalue weighted by Gasteiger charge is -2.26. The molecule has 1 aliphatic heterocycles. The van der Waals surface area contributed by atoms with E-state index in [4.69, 9.17) is 22.7 Å². The Morgan fingerprint density at radius 1 is 1.70 bits per heavy atom. The second kappa shape index (κ2) is 3.85. The van der Waals surface area contributed by atoms with Gasteiger partial charge >= 0.3 is 0 Å². The van der Waals surface area contributed by atoms with Gasteiger partial charge in [0.25, 0.3) is 0 Å². The van der Waals surface area contributed by atoms with Crippen LogP contribution in [0.4, 0.5) is 0 Å². The van der Waals surface area contributed by atoms with Crippen LogP contribution in [-0.2, 0) is 4.74 Å². The van der Waals surface area contributed by atoms with Gasteiger partial charge in [-0.05, 0) is 12.2 Å². The van der Waals surface area contributed by atoms with E-state index in [9.17, 15) is 0 Å². The zero-order valence-corrected chi connectivity index (χ0v) is 6.69. The summed E-state index contributed by atoms with van der Waals surface area (Å²) in [7, 11) is 0. The van der Waals surface area contributed by atoms with E-state index in [1.54, 1.807) is 0 Å². The molecule has 0 saturated carbocycles. The maximum atomic E-state index is 5.38. The zero-order chi connectivity index (χ0) is 7.40. The Kier molecular flexibility index (Phi) is 3.05. The average molecular weight is 160 g/mol. The molecular formula is C6H12N2OS. The van der Waals surface area contributed by atoms with Crippen LogP contribution in [0.1, 0.15) is 0 Å². The van der Waals surface area contributed by atoms with Crippen LogP contribution in [0.2, 0.25) is 0 Å². The molecule has 58 valence electrons. The molecule has 0 aromatic carbocycles. The molecule has 0 aromatic heterocycles. The van der Waals surface area contributed by atoms with Crippen LogP contribution >= 0.6 is 12.2 Å². The van der Waals surface area contributed by atoms with E-state index >= 15 is 0 Å². The summed E-state index contributed by atoms with van der Waals surface area (Å²) in [4.78, 5) is 2.20. The normalized spacial score (nSPS) is 20.7. The lowest BCUT2D eigenvalue weighted by molar-refractivity contribution is 0.175. The van der Waals surface area contributed by atoms with Crippen molar-refractivity contribution >= 4 is 17.3 Å². The Labute approximate surface area is 66.1 Å². The number of nitrogens with two attached hydrogens (primary N) is 1. The first-order valence-electron chi connectivity index (χ1n) is 3.41. The third-order valence-corrected chi connectivity index (χ3v) is 1.72. The molecule has 1 fully saturated rings. The van der Waals surface area contributed by atoms with Crippen molar-refractivity contribution in [2.75, 3.05) is 32.8 Å². The number of hydrogen-bond donors (Lipinski definition) is 1. The predicted octanol–water partition coefficient (Wildman–Crippen LogP) is -0.395. The van der Waals surface area contributed by atoms with E-state index in [1.807, 2.05) is 0 Å². The van der Waals surface area contributed by atoms with Gasteiger partial charge in [-0.25, -0.2) is 0 Å². The average Bonchev–Trinajstić information content (AvgIpc) is 1.88. The van der Waals surface area contributed by atoms with Crippen molar-refractivity contribution in [3.8, 4) is 0 Å². The smallest absolute Gasteiger partial charge is 0.173 e. The van der Waals surface area contributed by atoms with Crippen molar-refractivity contribution in [2.45, 2.75) is 0 Å². The van der Waals surface area contributed by atoms with E-state index in [0.717, 1.165) is 26.2 Å². The van der Waals surface area contributed by atoms with E-state index in [-0.39, 0.29) is 0 Å². The molecular weight excluding hydrogens is 148 g/mol. The molecule has 0 atom stereocenters. The van der Waals surface area contributed by atoms with Gasteiger partial charge in [0.2, 0.25) is 0 Å². The van der Waals surface area contributed by atoms with Gasteiger partial charge in [0, 0.05) is 19.6 Å². The molecule has 0 bridgehead atoms. The third kappa shape index (κ3) is 2.21. The minimum atomic E-state index is 0.694. The van der Waals surface area contributed by atoms with Crippen molar-refractivity contribution in [1.82, 2.24) is 4.90 Å². The van der Waals surface area contributed by atoms with Gasteiger partial charge in [0.05, 0.1) is 6.54 Å². The Hall–Kier alpha value is -0.190. The first-order valence-corrected chi connectivity index (χ1v) is 3.82. The van der Waals surface area contributed by atoms with Crippen molar-refractivity contribution < 1.29 is 4.74 Å². The summed E-state index contributed by atoms with van der Waals surface area (Å²) in [6.07, 6.45) is 0. The van der Waals surface area contributed by atoms with Gasteiger partial charge in [-0.15, -0.1) is 0 Å². The molecule has 1 rings (SSSR count). The molecule has 0 amide bonds. The standard InChI is InChI=1S/C6H12N2OS/c7-1-2-8-3-4-9-6(10)5-8/h1-5,7H2. The number of hydrogen-bond acceptors (Lipinski definition) is 4. The van der Waals surface area contributed by atoms with Gasteiger partial charge in [-0.2, -0.15) is 0 Å². The second-order valence-electron chi connectivity index (χ2n) is 2.29. The molecule has 0 unspecified atom stereocenters. The molecule has 2 N–H and O–H groups in total. The maximum Gasteiger partial charge on any atom is 0.173 e. The summed E-state index contributed by atoms with van der Waals surface area (Å²) in [5.41, 5.74) is 5.38. The van der Waals surface area contributed by atoms with Gasteiger partial charge < -0.3 is 10.5 Å². The fourth-order valence-electron chi connectivity index (χ4n) is 0.969. The summed E-state index contributed by atoms with van der Waals surface area (Å²) in [6.45, 7) is 4.06. The summed E-state index contributed by atoms with van der Waals surface area (Å²) in [6, 6.07) is 0. The van der Waals surface area contributed by atoms with E-state index in [0.29, 0.717) is 11.6 Å². The number of ether oxygens (including phenoxy) is 1. The molecule has 0 aromatic rings. The number of thiocarbonyl (C=S) groups is 1. The highest BCUT2D eigenvalue weighted by atomic mass is 32.1. The highest BCUT2D eigenvalue weighted by molar-refractivity contribution is 7.80. The van der Waals surface area contributed by atoms with Crippen LogP contribution in [0.3, 0.4) is 0 Å². The van der Waals surface area contributed by atoms with Crippen molar-refractivity contribution in [1.29, 1.82) is 0 Å². The molecule has 10 heavy (non-hydrogen) atoms. The lowest BCUT2D eigenvalue weighted by Crippen LogP contribution is -2.41. The van der Waals surface area contributed by atoms with E-state index in [1.165, 1.54) is 0 Å². The molecule has 1 saturated heterocycles. The molecule has 0 aliphatic carbocycles.